The number of urea groups is 1. The Hall–Kier alpha value is -3.96. The van der Waals surface area contributed by atoms with E-state index in [9.17, 15) is 18.8 Å². The quantitative estimate of drug-likeness (QED) is 0.327. The monoisotopic (exact) mass is 598 g/mol. The van der Waals surface area contributed by atoms with Crippen LogP contribution in [-0.4, -0.2) is 77.7 Å². The summed E-state index contributed by atoms with van der Waals surface area (Å²) in [6.07, 6.45) is 1.34. The van der Waals surface area contributed by atoms with Crippen LogP contribution in [0.25, 0.3) is 10.8 Å². The van der Waals surface area contributed by atoms with Gasteiger partial charge in [0.05, 0.1) is 11.1 Å². The summed E-state index contributed by atoms with van der Waals surface area (Å²) >= 11 is 6.02. The standard InChI is InChI=1S/C30H36ClFN6O4/c1-19-16-38(17-20(2)35-19)27(39)12-11-24(37(3)29(40)34-15-23-9-6-10-25(32)28(23)31)18-42-30(41)36-26-13-21-7-4-5-8-22(21)14-33-26/h4-10,13-14,19-20,24,35H,11-12,15-18H2,1-3H3,(H,34,40)(H,33,36,41)/t19?,20?,24-/m0/s1. The molecule has 0 radical (unpaired) electrons. The number of ether oxygens (including phenoxy) is 1. The number of carbonyl (C=O) groups is 3. The highest BCUT2D eigenvalue weighted by Crippen LogP contribution is 2.20. The van der Waals surface area contributed by atoms with Crippen LogP contribution in [0.2, 0.25) is 5.02 Å². The maximum absolute atomic E-state index is 13.8. The summed E-state index contributed by atoms with van der Waals surface area (Å²) in [5.74, 6) is -0.291. The highest BCUT2D eigenvalue weighted by Gasteiger charge is 2.27. The fourth-order valence-electron chi connectivity index (χ4n) is 4.98. The summed E-state index contributed by atoms with van der Waals surface area (Å²) in [6, 6.07) is 13.0. The van der Waals surface area contributed by atoms with Gasteiger partial charge in [-0.1, -0.05) is 48.0 Å². The van der Waals surface area contributed by atoms with E-state index in [1.54, 1.807) is 25.4 Å². The van der Waals surface area contributed by atoms with E-state index in [4.69, 9.17) is 16.3 Å². The number of aromatic nitrogens is 1. The van der Waals surface area contributed by atoms with E-state index >= 15 is 0 Å². The minimum absolute atomic E-state index is 0.00303. The fourth-order valence-corrected chi connectivity index (χ4v) is 5.17. The first-order chi connectivity index (χ1) is 20.1. The zero-order chi connectivity index (χ0) is 30.2. The van der Waals surface area contributed by atoms with Crippen LogP contribution in [0.5, 0.6) is 0 Å². The minimum Gasteiger partial charge on any atom is -0.447 e. The molecule has 4 amide bonds. The average molecular weight is 599 g/mol. The molecule has 224 valence electrons. The maximum Gasteiger partial charge on any atom is 0.412 e. The lowest BCUT2D eigenvalue weighted by Gasteiger charge is -2.36. The Morgan fingerprint density at radius 2 is 1.86 bits per heavy atom. The van der Waals surface area contributed by atoms with Gasteiger partial charge in [-0.25, -0.2) is 19.0 Å². The van der Waals surface area contributed by atoms with E-state index < -0.39 is 24.0 Å². The zero-order valence-electron chi connectivity index (χ0n) is 23.9. The molecule has 3 N–H and O–H groups in total. The number of anilines is 1. The molecule has 3 atom stereocenters. The number of hydrogen-bond acceptors (Lipinski definition) is 6. The molecule has 1 aliphatic rings. The number of amides is 4. The Morgan fingerprint density at radius 1 is 1.14 bits per heavy atom. The predicted molar refractivity (Wildman–Crippen MR) is 160 cm³/mol. The van der Waals surface area contributed by atoms with Crippen molar-refractivity contribution >= 4 is 46.2 Å². The van der Waals surface area contributed by atoms with Gasteiger partial charge in [-0.05, 0) is 43.4 Å². The topological polar surface area (TPSA) is 116 Å². The number of hydrogen-bond donors (Lipinski definition) is 3. The van der Waals surface area contributed by atoms with Crippen LogP contribution >= 0.6 is 11.6 Å². The number of nitrogens with one attached hydrogen (secondary N) is 3. The zero-order valence-corrected chi connectivity index (χ0v) is 24.7. The number of likely N-dealkylation sites (N-methyl/N-ethyl adjacent to an activating group) is 1. The van der Waals surface area contributed by atoms with Crippen molar-refractivity contribution < 1.29 is 23.5 Å². The molecule has 1 saturated heterocycles. The lowest BCUT2D eigenvalue weighted by atomic mass is 10.1. The predicted octanol–water partition coefficient (Wildman–Crippen LogP) is 4.78. The molecule has 12 heteroatoms. The number of fused-ring (bicyclic) bond motifs is 1. The van der Waals surface area contributed by atoms with Gasteiger partial charge < -0.3 is 25.2 Å². The molecule has 0 aliphatic carbocycles. The first-order valence-corrected chi connectivity index (χ1v) is 14.2. The van der Waals surface area contributed by atoms with Gasteiger partial charge in [0, 0.05) is 56.8 Å². The Morgan fingerprint density at radius 3 is 2.60 bits per heavy atom. The Bertz CT molecular complexity index is 1420. The molecule has 4 rings (SSSR count). The first kappa shape index (κ1) is 31.0. The number of piperazine rings is 1. The van der Waals surface area contributed by atoms with Gasteiger partial charge in [0.15, 0.2) is 0 Å². The van der Waals surface area contributed by atoms with Crippen molar-refractivity contribution in [2.75, 3.05) is 32.1 Å². The molecule has 0 bridgehead atoms. The van der Waals surface area contributed by atoms with Crippen molar-refractivity contribution in [2.45, 2.75) is 51.4 Å². The maximum atomic E-state index is 13.8. The van der Waals surface area contributed by atoms with Crippen molar-refractivity contribution in [3.8, 4) is 0 Å². The molecule has 2 unspecified atom stereocenters. The number of rotatable bonds is 9. The van der Waals surface area contributed by atoms with Gasteiger partial charge in [0.1, 0.15) is 18.2 Å². The average Bonchev–Trinajstić information content (AvgIpc) is 2.96. The second-order valence-corrected chi connectivity index (χ2v) is 11.0. The van der Waals surface area contributed by atoms with E-state index in [0.717, 1.165) is 10.8 Å². The van der Waals surface area contributed by atoms with Gasteiger partial charge in [0.25, 0.3) is 0 Å². The summed E-state index contributed by atoms with van der Waals surface area (Å²) in [5, 5.41) is 10.5. The van der Waals surface area contributed by atoms with Crippen LogP contribution in [0.4, 0.5) is 19.8 Å². The third kappa shape index (κ3) is 8.29. The molecule has 2 heterocycles. The van der Waals surface area contributed by atoms with Crippen LogP contribution in [-0.2, 0) is 16.1 Å². The first-order valence-electron chi connectivity index (χ1n) is 13.9. The lowest BCUT2D eigenvalue weighted by molar-refractivity contribution is -0.133. The van der Waals surface area contributed by atoms with E-state index in [-0.39, 0.29) is 49.0 Å². The second-order valence-electron chi connectivity index (χ2n) is 10.6. The van der Waals surface area contributed by atoms with E-state index in [1.165, 1.54) is 17.0 Å². The Kier molecular flexibility index (Phi) is 10.5. The molecule has 1 aromatic heterocycles. The smallest absolute Gasteiger partial charge is 0.412 e. The molecule has 0 saturated carbocycles. The van der Waals surface area contributed by atoms with E-state index in [1.807, 2.05) is 43.0 Å². The van der Waals surface area contributed by atoms with E-state index in [2.05, 4.69) is 20.9 Å². The van der Waals surface area contributed by atoms with Crippen molar-refractivity contribution in [1.29, 1.82) is 0 Å². The molecule has 2 aromatic carbocycles. The summed E-state index contributed by atoms with van der Waals surface area (Å²) in [7, 11) is 1.55. The number of halogens is 2. The number of carbonyl (C=O) groups excluding carboxylic acids is 3. The normalized spacial score (nSPS) is 17.4. The second kappa shape index (κ2) is 14.3. The number of pyridine rings is 1. The number of benzene rings is 2. The molecule has 1 aliphatic heterocycles. The largest absolute Gasteiger partial charge is 0.447 e. The summed E-state index contributed by atoms with van der Waals surface area (Å²) < 4.78 is 19.3. The van der Waals surface area contributed by atoms with Gasteiger partial charge >= 0.3 is 12.1 Å². The molecule has 3 aromatic rings. The van der Waals surface area contributed by atoms with Gasteiger partial charge in [-0.15, -0.1) is 0 Å². The van der Waals surface area contributed by atoms with Crippen molar-refractivity contribution in [3.63, 3.8) is 0 Å². The van der Waals surface area contributed by atoms with Crippen LogP contribution in [0, 0.1) is 5.82 Å². The van der Waals surface area contributed by atoms with Crippen LogP contribution in [0.15, 0.2) is 54.7 Å². The van der Waals surface area contributed by atoms with Gasteiger partial charge in [0.2, 0.25) is 5.91 Å². The lowest BCUT2D eigenvalue weighted by Crippen LogP contribution is -2.56. The summed E-state index contributed by atoms with van der Waals surface area (Å²) in [6.45, 7) is 5.08. The van der Waals surface area contributed by atoms with Crippen molar-refractivity contribution in [2.24, 2.45) is 0 Å². The van der Waals surface area contributed by atoms with Crippen molar-refractivity contribution in [1.82, 2.24) is 25.4 Å². The van der Waals surface area contributed by atoms with Gasteiger partial charge in [-0.2, -0.15) is 0 Å². The molecular weight excluding hydrogens is 563 g/mol. The highest BCUT2D eigenvalue weighted by molar-refractivity contribution is 6.31. The summed E-state index contributed by atoms with van der Waals surface area (Å²) in [5.41, 5.74) is 0.422. The fraction of sp³-hybridized carbons (Fsp3) is 0.400. The highest BCUT2D eigenvalue weighted by atomic mass is 35.5. The molecule has 10 nitrogen and oxygen atoms in total. The third-order valence-electron chi connectivity index (χ3n) is 7.20. The SMILES string of the molecule is CC1CN(C(=O)CC[C@@H](COC(=O)Nc2cc3ccccc3cn2)N(C)C(=O)NCc2cccc(F)c2Cl)CC(C)N1. The minimum atomic E-state index is -0.737. The van der Waals surface area contributed by atoms with Crippen molar-refractivity contribution in [3.05, 3.63) is 71.1 Å². The van der Waals surface area contributed by atoms with Crippen LogP contribution in [0.3, 0.4) is 0 Å². The van der Waals surface area contributed by atoms with Crippen LogP contribution in [0.1, 0.15) is 32.3 Å². The molecular formula is C30H36ClFN6O4. The molecule has 1 fully saturated rings. The molecule has 42 heavy (non-hydrogen) atoms. The van der Waals surface area contributed by atoms with Crippen LogP contribution < -0.4 is 16.0 Å². The van der Waals surface area contributed by atoms with Gasteiger partial charge in [-0.3, -0.25) is 10.1 Å². The van der Waals surface area contributed by atoms with E-state index in [0.29, 0.717) is 24.5 Å². The Labute approximate surface area is 249 Å². The molecule has 0 spiro atoms. The third-order valence-corrected chi connectivity index (χ3v) is 7.62. The summed E-state index contributed by atoms with van der Waals surface area (Å²) in [4.78, 5) is 46.2. The Balaban J connectivity index is 1.39. The number of nitrogens with zero attached hydrogens (tertiary/aromatic N) is 3.